The average Bonchev–Trinajstić information content (AvgIpc) is 3.12. The third kappa shape index (κ3) is 3.80. The number of H-pyrrole nitrogens is 1. The van der Waals surface area contributed by atoms with Gasteiger partial charge in [0.1, 0.15) is 11.5 Å². The molecule has 1 unspecified atom stereocenters. The Kier molecular flexibility index (Phi) is 5.43. The van der Waals surface area contributed by atoms with Crippen molar-refractivity contribution in [1.82, 2.24) is 14.3 Å². The fourth-order valence-corrected chi connectivity index (χ4v) is 4.48. The Morgan fingerprint density at radius 1 is 1.21 bits per heavy atom. The number of hydrogen-bond donors (Lipinski definition) is 2. The molecule has 0 radical (unpaired) electrons. The number of benzene rings is 1. The van der Waals surface area contributed by atoms with Gasteiger partial charge in [0.2, 0.25) is 0 Å². The van der Waals surface area contributed by atoms with E-state index in [-0.39, 0.29) is 11.1 Å². The first-order valence-corrected chi connectivity index (χ1v) is 10.4. The Hall–Kier alpha value is -2.29. The highest BCUT2D eigenvalue weighted by Crippen LogP contribution is 2.25. The summed E-state index contributed by atoms with van der Waals surface area (Å²) in [6.45, 7) is 1.49. The van der Waals surface area contributed by atoms with Crippen molar-refractivity contribution in [3.63, 3.8) is 0 Å². The molecule has 4 rings (SSSR count). The van der Waals surface area contributed by atoms with Gasteiger partial charge < -0.3 is 4.98 Å². The molecule has 1 aliphatic heterocycles. The molecule has 1 aromatic carbocycles. The fraction of sp³-hybridized carbons (Fsp3) is 0.263. The van der Waals surface area contributed by atoms with E-state index >= 15 is 0 Å². The molecule has 3 aromatic rings. The first kappa shape index (κ1) is 19.0. The molecule has 0 saturated carbocycles. The number of hydrogen-bond acceptors (Lipinski definition) is 3. The van der Waals surface area contributed by atoms with Gasteiger partial charge in [-0.3, -0.25) is 9.52 Å². The van der Waals surface area contributed by atoms with Gasteiger partial charge in [-0.1, -0.05) is 18.0 Å². The molecule has 1 aliphatic rings. The van der Waals surface area contributed by atoms with Crippen molar-refractivity contribution in [2.45, 2.75) is 19.3 Å². The summed E-state index contributed by atoms with van der Waals surface area (Å²) in [5.41, 5.74) is 1.08. The second kappa shape index (κ2) is 7.98. The largest absolute Gasteiger partial charge is 0.345 e. The van der Waals surface area contributed by atoms with E-state index in [0.29, 0.717) is 21.7 Å². The van der Waals surface area contributed by atoms with Gasteiger partial charge in [-0.2, -0.15) is 0 Å². The number of nitrogens with zero attached hydrogens (tertiary/aromatic N) is 2. The highest BCUT2D eigenvalue weighted by atomic mass is 35.5. The van der Waals surface area contributed by atoms with Crippen LogP contribution in [0.1, 0.15) is 35.2 Å². The summed E-state index contributed by atoms with van der Waals surface area (Å²) < 4.78 is 31.6. The summed E-state index contributed by atoms with van der Waals surface area (Å²) in [5, 5.41) is 0.904. The molecule has 3 heterocycles. The zero-order valence-electron chi connectivity index (χ0n) is 14.9. The number of fused-ring (bicyclic) bond motifs is 1. The van der Waals surface area contributed by atoms with E-state index in [1.807, 2.05) is 4.31 Å². The van der Waals surface area contributed by atoms with Gasteiger partial charge in [0.05, 0.1) is 10.6 Å². The monoisotopic (exact) mass is 420 g/mol. The summed E-state index contributed by atoms with van der Waals surface area (Å²) >= 11 is 4.54. The molecule has 1 fully saturated rings. The van der Waals surface area contributed by atoms with Gasteiger partial charge in [-0.15, -0.1) is 0 Å². The number of pyridine rings is 1. The first-order valence-electron chi connectivity index (χ1n) is 8.93. The van der Waals surface area contributed by atoms with Crippen LogP contribution in [0.5, 0.6) is 0 Å². The fourth-order valence-electron chi connectivity index (χ4n) is 3.27. The summed E-state index contributed by atoms with van der Waals surface area (Å²) in [4.78, 5) is 20.0. The van der Waals surface area contributed by atoms with Crippen LogP contribution in [0.25, 0.3) is 11.0 Å². The molecule has 0 aliphatic carbocycles. The van der Waals surface area contributed by atoms with Crippen molar-refractivity contribution < 1.29 is 13.4 Å². The molecule has 0 spiro atoms. The summed E-state index contributed by atoms with van der Waals surface area (Å²) in [6.07, 6.45) is 6.08. The molecule has 0 bridgehead atoms. The maximum atomic E-state index is 14.4. The zero-order valence-corrected chi connectivity index (χ0v) is 16.4. The van der Waals surface area contributed by atoms with Crippen molar-refractivity contribution in [3.8, 4) is 0 Å². The van der Waals surface area contributed by atoms with Crippen LogP contribution in [-0.4, -0.2) is 37.4 Å². The van der Waals surface area contributed by atoms with E-state index in [4.69, 9.17) is 11.6 Å². The first-order chi connectivity index (χ1) is 13.5. The summed E-state index contributed by atoms with van der Waals surface area (Å²) in [7, 11) is 0. The van der Waals surface area contributed by atoms with Crippen molar-refractivity contribution in [2.24, 2.45) is 0 Å². The SMILES string of the molecule is O=C(c1cc(NS(=O)N2CCCCC2)ccc1F)c1c[nH]c2ncc(Cl)cc12. The van der Waals surface area contributed by atoms with E-state index in [1.54, 1.807) is 6.07 Å². The smallest absolute Gasteiger partial charge is 0.198 e. The molecule has 146 valence electrons. The maximum absolute atomic E-state index is 14.4. The Morgan fingerprint density at radius 3 is 2.79 bits per heavy atom. The lowest BCUT2D eigenvalue weighted by Crippen LogP contribution is -2.34. The summed E-state index contributed by atoms with van der Waals surface area (Å²) in [5.74, 6) is -1.15. The number of ketones is 1. The third-order valence-corrected chi connectivity index (χ3v) is 6.16. The van der Waals surface area contributed by atoms with Crippen molar-refractivity contribution in [3.05, 3.63) is 58.6 Å². The molecular weight excluding hydrogens is 403 g/mol. The van der Waals surface area contributed by atoms with Gasteiger partial charge in [0.25, 0.3) is 0 Å². The number of nitrogens with one attached hydrogen (secondary N) is 2. The van der Waals surface area contributed by atoms with Crippen LogP contribution < -0.4 is 4.72 Å². The Labute approximate surface area is 168 Å². The summed E-state index contributed by atoms with van der Waals surface area (Å²) in [6, 6.07) is 5.67. The quantitative estimate of drug-likeness (QED) is 0.611. The van der Waals surface area contributed by atoms with Crippen LogP contribution >= 0.6 is 11.6 Å². The zero-order chi connectivity index (χ0) is 19.7. The van der Waals surface area contributed by atoms with Crippen molar-refractivity contribution >= 4 is 45.3 Å². The number of carbonyl (C=O) groups excluding carboxylic acids is 1. The van der Waals surface area contributed by atoms with E-state index in [0.717, 1.165) is 32.4 Å². The van der Waals surface area contributed by atoms with Gasteiger partial charge >= 0.3 is 0 Å². The number of rotatable bonds is 5. The molecule has 6 nitrogen and oxygen atoms in total. The average molecular weight is 421 g/mol. The molecule has 2 aromatic heterocycles. The van der Waals surface area contributed by atoms with Gasteiger partial charge in [0, 0.05) is 42.1 Å². The lowest BCUT2D eigenvalue weighted by atomic mass is 10.0. The third-order valence-electron chi connectivity index (χ3n) is 4.71. The normalized spacial score (nSPS) is 16.2. The predicted octanol–water partition coefficient (Wildman–Crippen LogP) is 4.06. The Bertz CT molecular complexity index is 1070. The molecular formula is C19H18ClFN4O2S. The highest BCUT2D eigenvalue weighted by Gasteiger charge is 2.21. The number of halogens is 2. The minimum atomic E-state index is -1.43. The van der Waals surface area contributed by atoms with E-state index < -0.39 is 22.8 Å². The number of aromatic amines is 1. The van der Waals surface area contributed by atoms with E-state index in [2.05, 4.69) is 14.7 Å². The highest BCUT2D eigenvalue weighted by molar-refractivity contribution is 7.84. The van der Waals surface area contributed by atoms with Crippen molar-refractivity contribution in [2.75, 3.05) is 17.8 Å². The van der Waals surface area contributed by atoms with E-state index in [9.17, 15) is 13.4 Å². The molecule has 9 heteroatoms. The van der Waals surface area contributed by atoms with Crippen LogP contribution in [0, 0.1) is 5.82 Å². The van der Waals surface area contributed by atoms with Gasteiger partial charge in [-0.25, -0.2) is 17.9 Å². The minimum Gasteiger partial charge on any atom is -0.345 e. The second-order valence-electron chi connectivity index (χ2n) is 6.62. The Morgan fingerprint density at radius 2 is 2.00 bits per heavy atom. The van der Waals surface area contributed by atoms with Gasteiger partial charge in [-0.05, 0) is 37.1 Å². The second-order valence-corrected chi connectivity index (χ2v) is 8.27. The molecule has 28 heavy (non-hydrogen) atoms. The van der Waals surface area contributed by atoms with Crippen LogP contribution in [0.2, 0.25) is 5.02 Å². The number of anilines is 1. The molecule has 1 atom stereocenters. The number of piperidine rings is 1. The maximum Gasteiger partial charge on any atom is 0.198 e. The number of carbonyl (C=O) groups is 1. The van der Waals surface area contributed by atoms with E-state index in [1.165, 1.54) is 30.6 Å². The van der Waals surface area contributed by atoms with Crippen molar-refractivity contribution in [1.29, 1.82) is 0 Å². The minimum absolute atomic E-state index is 0.110. The van der Waals surface area contributed by atoms with Crippen LogP contribution in [-0.2, 0) is 11.2 Å². The molecule has 0 amide bonds. The molecule has 2 N–H and O–H groups in total. The van der Waals surface area contributed by atoms with Crippen LogP contribution in [0.4, 0.5) is 10.1 Å². The number of aromatic nitrogens is 2. The van der Waals surface area contributed by atoms with Crippen LogP contribution in [0.3, 0.4) is 0 Å². The lowest BCUT2D eigenvalue weighted by molar-refractivity contribution is 0.103. The standard InChI is InChI=1S/C19H18ClFN4O2S/c20-12-8-14-16(11-23-19(14)22-10-12)18(26)15-9-13(4-5-17(15)21)24-28(27)25-6-2-1-3-7-25/h4-5,8-11,24H,1-3,6-7H2,(H,22,23). The lowest BCUT2D eigenvalue weighted by Gasteiger charge is -2.25. The molecule has 1 saturated heterocycles. The Balaban J connectivity index is 1.62. The predicted molar refractivity (Wildman–Crippen MR) is 108 cm³/mol. The van der Waals surface area contributed by atoms with Gasteiger partial charge in [0.15, 0.2) is 17.0 Å². The van der Waals surface area contributed by atoms with Crippen LogP contribution in [0.15, 0.2) is 36.7 Å². The topological polar surface area (TPSA) is 78.1 Å².